The Morgan fingerprint density at radius 1 is 1.43 bits per heavy atom. The molecule has 2 amide bonds. The average Bonchev–Trinajstić information content (AvgIpc) is 3.01. The maximum atomic E-state index is 12.0. The van der Waals surface area contributed by atoms with Crippen LogP contribution in [0, 0.1) is 11.3 Å². The molecule has 0 spiro atoms. The van der Waals surface area contributed by atoms with E-state index in [1.165, 1.54) is 4.88 Å². The van der Waals surface area contributed by atoms with Gasteiger partial charge in [0.25, 0.3) is 0 Å². The van der Waals surface area contributed by atoms with Gasteiger partial charge in [0.1, 0.15) is 6.07 Å². The Morgan fingerprint density at radius 3 is 2.78 bits per heavy atom. The fourth-order valence-electron chi connectivity index (χ4n) is 2.07. The van der Waals surface area contributed by atoms with Crippen LogP contribution >= 0.6 is 22.9 Å². The van der Waals surface area contributed by atoms with Crippen LogP contribution in [0.25, 0.3) is 0 Å². The number of thiophene rings is 1. The van der Waals surface area contributed by atoms with Gasteiger partial charge in [0.2, 0.25) is 0 Å². The second kappa shape index (κ2) is 7.97. The van der Waals surface area contributed by atoms with Gasteiger partial charge in [-0.3, -0.25) is 0 Å². The van der Waals surface area contributed by atoms with Crippen molar-refractivity contribution in [1.82, 2.24) is 10.2 Å². The van der Waals surface area contributed by atoms with E-state index in [4.69, 9.17) is 16.9 Å². The molecule has 0 aliphatic carbocycles. The topological polar surface area (TPSA) is 68.2 Å². The molecule has 2 aromatic rings. The van der Waals surface area contributed by atoms with Crippen LogP contribution in [0.1, 0.15) is 16.5 Å². The molecule has 0 saturated carbocycles. The minimum atomic E-state index is -0.311. The Balaban J connectivity index is 1.94. The second-order valence-electron chi connectivity index (χ2n) is 5.14. The predicted molar refractivity (Wildman–Crippen MR) is 93.9 cm³/mol. The lowest BCUT2D eigenvalue weighted by Gasteiger charge is -2.23. The number of carbonyl (C=O) groups excluding carboxylic acids is 1. The van der Waals surface area contributed by atoms with Gasteiger partial charge in [0.15, 0.2) is 0 Å². The van der Waals surface area contributed by atoms with E-state index in [1.807, 2.05) is 31.6 Å². The van der Waals surface area contributed by atoms with E-state index in [0.717, 1.165) is 0 Å². The van der Waals surface area contributed by atoms with Crippen molar-refractivity contribution in [3.8, 4) is 6.07 Å². The first-order valence-corrected chi connectivity index (χ1v) is 8.21. The summed E-state index contributed by atoms with van der Waals surface area (Å²) in [4.78, 5) is 15.3. The third kappa shape index (κ3) is 4.70. The number of hydrogen-bond donors (Lipinski definition) is 2. The van der Waals surface area contributed by atoms with Crippen molar-refractivity contribution in [3.05, 3.63) is 51.2 Å². The number of nitriles is 1. The molecule has 23 heavy (non-hydrogen) atoms. The standard InChI is InChI=1S/C16H17ClN4OS/c1-21(2)14(15-4-3-7-23-15)10-19-16(22)20-12-6-5-11(9-18)13(17)8-12/h3-8,14H,10H2,1-2H3,(H2,19,20,22)/t14-/m0/s1. The lowest BCUT2D eigenvalue weighted by Crippen LogP contribution is -2.36. The Labute approximate surface area is 144 Å². The Morgan fingerprint density at radius 2 is 2.22 bits per heavy atom. The minimum Gasteiger partial charge on any atom is -0.336 e. The summed E-state index contributed by atoms with van der Waals surface area (Å²) < 4.78 is 0. The maximum absolute atomic E-state index is 12.0. The monoisotopic (exact) mass is 348 g/mol. The summed E-state index contributed by atoms with van der Waals surface area (Å²) in [6, 6.07) is 10.6. The van der Waals surface area contributed by atoms with E-state index in [9.17, 15) is 4.79 Å². The van der Waals surface area contributed by atoms with Crippen LogP contribution in [0.5, 0.6) is 0 Å². The average molecular weight is 349 g/mol. The highest BCUT2D eigenvalue weighted by atomic mass is 35.5. The van der Waals surface area contributed by atoms with Gasteiger partial charge in [-0.1, -0.05) is 17.7 Å². The fourth-order valence-corrected chi connectivity index (χ4v) is 3.21. The number of nitrogens with one attached hydrogen (secondary N) is 2. The quantitative estimate of drug-likeness (QED) is 0.865. The lowest BCUT2D eigenvalue weighted by atomic mass is 10.2. The molecule has 120 valence electrons. The largest absolute Gasteiger partial charge is 0.336 e. The van der Waals surface area contributed by atoms with Crippen molar-refractivity contribution in [2.24, 2.45) is 0 Å². The lowest BCUT2D eigenvalue weighted by molar-refractivity contribution is 0.244. The van der Waals surface area contributed by atoms with Crippen molar-refractivity contribution < 1.29 is 4.79 Å². The van der Waals surface area contributed by atoms with Crippen molar-refractivity contribution in [1.29, 1.82) is 5.26 Å². The molecule has 2 rings (SSSR count). The number of nitrogens with zero attached hydrogens (tertiary/aromatic N) is 2. The minimum absolute atomic E-state index is 0.116. The van der Waals surface area contributed by atoms with Crippen LogP contribution < -0.4 is 10.6 Å². The number of hydrogen-bond acceptors (Lipinski definition) is 4. The van der Waals surface area contributed by atoms with E-state index in [2.05, 4.69) is 21.6 Å². The third-order valence-electron chi connectivity index (χ3n) is 3.30. The Hall–Kier alpha value is -2.07. The number of rotatable bonds is 5. The molecule has 0 fully saturated rings. The van der Waals surface area contributed by atoms with Crippen molar-refractivity contribution in [2.75, 3.05) is 26.0 Å². The van der Waals surface area contributed by atoms with Gasteiger partial charge in [-0.05, 0) is 43.7 Å². The van der Waals surface area contributed by atoms with Crippen molar-refractivity contribution in [3.63, 3.8) is 0 Å². The van der Waals surface area contributed by atoms with Gasteiger partial charge in [-0.2, -0.15) is 5.26 Å². The molecule has 7 heteroatoms. The highest BCUT2D eigenvalue weighted by molar-refractivity contribution is 7.10. The molecule has 1 aromatic carbocycles. The molecule has 1 atom stereocenters. The second-order valence-corrected chi connectivity index (χ2v) is 6.52. The summed E-state index contributed by atoms with van der Waals surface area (Å²) >= 11 is 7.61. The number of halogens is 1. The van der Waals surface area contributed by atoms with Crippen LogP contribution in [0.4, 0.5) is 10.5 Å². The molecule has 1 heterocycles. The first-order chi connectivity index (χ1) is 11.0. The Bertz CT molecular complexity index is 709. The SMILES string of the molecule is CN(C)[C@@H](CNC(=O)Nc1ccc(C#N)c(Cl)c1)c1cccs1. The van der Waals surface area contributed by atoms with E-state index >= 15 is 0 Å². The van der Waals surface area contributed by atoms with Gasteiger partial charge in [-0.15, -0.1) is 11.3 Å². The van der Waals surface area contributed by atoms with E-state index in [-0.39, 0.29) is 12.1 Å². The van der Waals surface area contributed by atoms with Crippen molar-refractivity contribution >= 4 is 34.7 Å². The van der Waals surface area contributed by atoms with Gasteiger partial charge in [-0.25, -0.2) is 4.79 Å². The van der Waals surface area contributed by atoms with E-state index in [1.54, 1.807) is 29.5 Å². The molecule has 0 unspecified atom stereocenters. The number of urea groups is 1. The normalized spacial score (nSPS) is 11.8. The third-order valence-corrected chi connectivity index (χ3v) is 4.58. The molecule has 1 aromatic heterocycles. The molecule has 0 radical (unpaired) electrons. The van der Waals surface area contributed by atoms with Crippen LogP contribution in [0.3, 0.4) is 0 Å². The van der Waals surface area contributed by atoms with Crippen LogP contribution in [0.15, 0.2) is 35.7 Å². The summed E-state index contributed by atoms with van der Waals surface area (Å²) in [7, 11) is 3.95. The molecule has 0 aliphatic heterocycles. The Kier molecular flexibility index (Phi) is 5.99. The van der Waals surface area contributed by atoms with Crippen LogP contribution in [-0.4, -0.2) is 31.6 Å². The van der Waals surface area contributed by atoms with Crippen molar-refractivity contribution in [2.45, 2.75) is 6.04 Å². The highest BCUT2D eigenvalue weighted by Crippen LogP contribution is 2.23. The number of anilines is 1. The van der Waals surface area contributed by atoms with Gasteiger partial charge in [0.05, 0.1) is 16.6 Å². The fraction of sp³-hybridized carbons (Fsp3) is 0.250. The zero-order valence-corrected chi connectivity index (χ0v) is 14.4. The van der Waals surface area contributed by atoms with Gasteiger partial charge < -0.3 is 15.5 Å². The summed E-state index contributed by atoms with van der Waals surface area (Å²) in [5, 5.41) is 16.7. The molecule has 5 nitrogen and oxygen atoms in total. The summed E-state index contributed by atoms with van der Waals surface area (Å²) in [6.07, 6.45) is 0. The zero-order valence-electron chi connectivity index (χ0n) is 12.8. The maximum Gasteiger partial charge on any atom is 0.319 e. The van der Waals surface area contributed by atoms with Gasteiger partial charge in [0, 0.05) is 17.1 Å². The molecular formula is C16H17ClN4OS. The number of likely N-dealkylation sites (N-methyl/N-ethyl adjacent to an activating group) is 1. The zero-order chi connectivity index (χ0) is 16.8. The van der Waals surface area contributed by atoms with E-state index < -0.39 is 0 Å². The summed E-state index contributed by atoms with van der Waals surface area (Å²) in [5.74, 6) is 0. The summed E-state index contributed by atoms with van der Waals surface area (Å²) in [5.41, 5.74) is 0.923. The van der Waals surface area contributed by atoms with Crippen LogP contribution in [-0.2, 0) is 0 Å². The molecular weight excluding hydrogens is 332 g/mol. The number of carbonyl (C=O) groups is 1. The first kappa shape index (κ1) is 17.3. The predicted octanol–water partition coefficient (Wildman–Crippen LogP) is 3.70. The van der Waals surface area contributed by atoms with E-state index in [0.29, 0.717) is 22.8 Å². The molecule has 2 N–H and O–H groups in total. The first-order valence-electron chi connectivity index (χ1n) is 6.95. The molecule has 0 bridgehead atoms. The molecule has 0 aliphatic rings. The van der Waals surface area contributed by atoms with Crippen LogP contribution in [0.2, 0.25) is 5.02 Å². The van der Waals surface area contributed by atoms with Gasteiger partial charge >= 0.3 is 6.03 Å². The smallest absolute Gasteiger partial charge is 0.319 e. The number of amides is 2. The summed E-state index contributed by atoms with van der Waals surface area (Å²) in [6.45, 7) is 0.489. The highest BCUT2D eigenvalue weighted by Gasteiger charge is 2.16. The number of benzene rings is 1. The molecule has 0 saturated heterocycles.